The third kappa shape index (κ3) is 4.43. The monoisotopic (exact) mass is 315 g/mol. The predicted molar refractivity (Wildman–Crippen MR) is 87.0 cm³/mol. The van der Waals surface area contributed by atoms with E-state index in [1.807, 2.05) is 30.3 Å². The minimum absolute atomic E-state index is 0.475. The van der Waals surface area contributed by atoms with Crippen LogP contribution in [0.1, 0.15) is 11.1 Å². The van der Waals surface area contributed by atoms with E-state index in [1.165, 1.54) is 6.21 Å². The first kappa shape index (κ1) is 15.7. The van der Waals surface area contributed by atoms with Crippen LogP contribution in [0.25, 0.3) is 0 Å². The number of carbonyl (C=O) groups excluding carboxylic acids is 2. The van der Waals surface area contributed by atoms with Crippen LogP contribution in [0.4, 0.5) is 5.69 Å². The van der Waals surface area contributed by atoms with Crippen molar-refractivity contribution in [3.05, 3.63) is 64.7 Å². The predicted octanol–water partition coefficient (Wildman–Crippen LogP) is 2.74. The van der Waals surface area contributed by atoms with Crippen molar-refractivity contribution in [2.45, 2.75) is 6.92 Å². The number of hydrogen-bond acceptors (Lipinski definition) is 3. The number of anilines is 1. The molecule has 0 bridgehead atoms. The van der Waals surface area contributed by atoms with Crippen molar-refractivity contribution in [1.82, 2.24) is 5.43 Å². The van der Waals surface area contributed by atoms with E-state index < -0.39 is 11.8 Å². The molecular weight excluding hydrogens is 302 g/mol. The number of halogens is 1. The molecule has 0 saturated heterocycles. The highest BCUT2D eigenvalue weighted by molar-refractivity contribution is 6.40. The zero-order chi connectivity index (χ0) is 15.9. The first-order valence-electron chi connectivity index (χ1n) is 6.52. The topological polar surface area (TPSA) is 70.6 Å². The molecule has 0 aliphatic rings. The highest BCUT2D eigenvalue weighted by Gasteiger charge is 2.14. The number of amides is 2. The minimum atomic E-state index is -0.855. The molecule has 2 amide bonds. The van der Waals surface area contributed by atoms with Crippen LogP contribution in [0.2, 0.25) is 5.02 Å². The van der Waals surface area contributed by atoms with Crippen molar-refractivity contribution >= 4 is 35.3 Å². The van der Waals surface area contributed by atoms with E-state index in [1.54, 1.807) is 25.1 Å². The molecule has 5 nitrogen and oxygen atoms in total. The van der Waals surface area contributed by atoms with Gasteiger partial charge < -0.3 is 5.32 Å². The molecule has 0 aliphatic carbocycles. The fourth-order valence-corrected chi connectivity index (χ4v) is 1.84. The van der Waals surface area contributed by atoms with Crippen LogP contribution in [-0.2, 0) is 9.59 Å². The van der Waals surface area contributed by atoms with Gasteiger partial charge in [-0.05, 0) is 30.2 Å². The maximum Gasteiger partial charge on any atom is 0.329 e. The summed E-state index contributed by atoms with van der Waals surface area (Å²) in [4.78, 5) is 23.4. The number of aryl methyl sites for hydroxylation is 1. The molecule has 112 valence electrons. The number of carbonyl (C=O) groups is 2. The molecule has 0 atom stereocenters. The van der Waals surface area contributed by atoms with Crippen LogP contribution in [0, 0.1) is 6.92 Å². The number of nitrogens with zero attached hydrogens (tertiary/aromatic N) is 1. The quantitative estimate of drug-likeness (QED) is 0.519. The Morgan fingerprint density at radius 2 is 1.82 bits per heavy atom. The smallest absolute Gasteiger partial charge is 0.317 e. The summed E-state index contributed by atoms with van der Waals surface area (Å²) in [6.07, 6.45) is 1.45. The highest BCUT2D eigenvalue weighted by Crippen LogP contribution is 2.19. The Kier molecular flexibility index (Phi) is 5.27. The minimum Gasteiger partial charge on any atom is -0.317 e. The van der Waals surface area contributed by atoms with Gasteiger partial charge in [0.25, 0.3) is 0 Å². The lowest BCUT2D eigenvalue weighted by atomic mass is 10.2. The molecule has 2 aromatic carbocycles. The molecule has 0 aromatic heterocycles. The molecule has 0 saturated carbocycles. The van der Waals surface area contributed by atoms with Gasteiger partial charge in [0.05, 0.1) is 6.21 Å². The van der Waals surface area contributed by atoms with Crippen molar-refractivity contribution in [3.8, 4) is 0 Å². The third-order valence-electron chi connectivity index (χ3n) is 2.83. The summed E-state index contributed by atoms with van der Waals surface area (Å²) in [5.74, 6) is -1.66. The maximum atomic E-state index is 11.8. The molecule has 0 heterocycles. The molecular formula is C16H14ClN3O2. The van der Waals surface area contributed by atoms with Gasteiger partial charge in [-0.15, -0.1) is 0 Å². The molecule has 0 aliphatic heterocycles. The van der Waals surface area contributed by atoms with E-state index in [2.05, 4.69) is 15.8 Å². The van der Waals surface area contributed by atoms with E-state index in [0.29, 0.717) is 10.7 Å². The van der Waals surface area contributed by atoms with Crippen LogP contribution in [0.3, 0.4) is 0 Å². The van der Waals surface area contributed by atoms with Gasteiger partial charge in [0.15, 0.2) is 0 Å². The fraction of sp³-hybridized carbons (Fsp3) is 0.0625. The van der Waals surface area contributed by atoms with Gasteiger partial charge in [-0.2, -0.15) is 5.10 Å². The van der Waals surface area contributed by atoms with E-state index in [4.69, 9.17) is 11.6 Å². The Morgan fingerprint density at radius 3 is 2.55 bits per heavy atom. The lowest BCUT2D eigenvalue weighted by Gasteiger charge is -2.07. The van der Waals surface area contributed by atoms with Gasteiger partial charge in [0, 0.05) is 10.7 Å². The lowest BCUT2D eigenvalue weighted by molar-refractivity contribution is -0.136. The molecule has 2 aromatic rings. The lowest BCUT2D eigenvalue weighted by Crippen LogP contribution is -2.32. The summed E-state index contributed by atoms with van der Waals surface area (Å²) >= 11 is 5.86. The van der Waals surface area contributed by atoms with Crippen molar-refractivity contribution in [2.24, 2.45) is 5.10 Å². The largest absolute Gasteiger partial charge is 0.329 e. The summed E-state index contributed by atoms with van der Waals surface area (Å²) < 4.78 is 0. The summed E-state index contributed by atoms with van der Waals surface area (Å²) in [6, 6.07) is 14.2. The number of hydrogen-bond donors (Lipinski definition) is 2. The normalized spacial score (nSPS) is 10.5. The van der Waals surface area contributed by atoms with Crippen molar-refractivity contribution in [1.29, 1.82) is 0 Å². The van der Waals surface area contributed by atoms with Gasteiger partial charge in [-0.1, -0.05) is 48.0 Å². The van der Waals surface area contributed by atoms with Crippen LogP contribution in [0.5, 0.6) is 0 Å². The number of benzene rings is 2. The number of nitrogens with one attached hydrogen (secondary N) is 2. The standard InChI is InChI=1S/C16H14ClN3O2/c1-11-7-8-13(17)9-14(11)19-15(21)16(22)20-18-10-12-5-3-2-4-6-12/h2-10H,1H3,(H,19,21)(H,20,22)/b18-10-. The van der Waals surface area contributed by atoms with Crippen molar-refractivity contribution in [3.63, 3.8) is 0 Å². The number of rotatable bonds is 3. The van der Waals surface area contributed by atoms with Gasteiger partial charge in [-0.3, -0.25) is 9.59 Å². The molecule has 6 heteroatoms. The van der Waals surface area contributed by atoms with Gasteiger partial charge in [0.1, 0.15) is 0 Å². The summed E-state index contributed by atoms with van der Waals surface area (Å²) in [6.45, 7) is 1.80. The first-order chi connectivity index (χ1) is 10.6. The average molecular weight is 316 g/mol. The summed E-state index contributed by atoms with van der Waals surface area (Å²) in [5.41, 5.74) is 4.27. The molecule has 2 N–H and O–H groups in total. The Labute approximate surface area is 133 Å². The zero-order valence-electron chi connectivity index (χ0n) is 11.8. The second-order valence-corrected chi connectivity index (χ2v) is 4.96. The second kappa shape index (κ2) is 7.38. The second-order valence-electron chi connectivity index (χ2n) is 4.52. The van der Waals surface area contributed by atoms with Gasteiger partial charge in [0.2, 0.25) is 0 Å². The Balaban J connectivity index is 1.94. The van der Waals surface area contributed by atoms with Crippen molar-refractivity contribution in [2.75, 3.05) is 5.32 Å². The van der Waals surface area contributed by atoms with Gasteiger partial charge in [-0.25, -0.2) is 5.43 Å². The number of hydrazone groups is 1. The third-order valence-corrected chi connectivity index (χ3v) is 3.07. The molecule has 22 heavy (non-hydrogen) atoms. The SMILES string of the molecule is Cc1ccc(Cl)cc1NC(=O)C(=O)N/N=C\c1ccccc1. The van der Waals surface area contributed by atoms with Crippen molar-refractivity contribution < 1.29 is 9.59 Å². The van der Waals surface area contributed by atoms with Gasteiger partial charge >= 0.3 is 11.8 Å². The average Bonchev–Trinajstić information content (AvgIpc) is 2.52. The van der Waals surface area contributed by atoms with Crippen LogP contribution in [0.15, 0.2) is 53.6 Å². The van der Waals surface area contributed by atoms with E-state index in [0.717, 1.165) is 11.1 Å². The summed E-state index contributed by atoms with van der Waals surface area (Å²) in [7, 11) is 0. The molecule has 0 radical (unpaired) electrons. The molecule has 0 unspecified atom stereocenters. The van der Waals surface area contributed by atoms with Crippen LogP contribution in [-0.4, -0.2) is 18.0 Å². The molecule has 0 spiro atoms. The highest BCUT2D eigenvalue weighted by atomic mass is 35.5. The Bertz CT molecular complexity index is 715. The van der Waals surface area contributed by atoms with Crippen LogP contribution >= 0.6 is 11.6 Å². The van der Waals surface area contributed by atoms with Crippen LogP contribution < -0.4 is 10.7 Å². The zero-order valence-corrected chi connectivity index (χ0v) is 12.6. The fourth-order valence-electron chi connectivity index (χ4n) is 1.66. The van der Waals surface area contributed by atoms with E-state index >= 15 is 0 Å². The first-order valence-corrected chi connectivity index (χ1v) is 6.89. The maximum absolute atomic E-state index is 11.8. The van der Waals surface area contributed by atoms with E-state index in [9.17, 15) is 9.59 Å². The molecule has 0 fully saturated rings. The Hall–Kier alpha value is -2.66. The van der Waals surface area contributed by atoms with E-state index in [-0.39, 0.29) is 0 Å². The molecule has 2 rings (SSSR count). The summed E-state index contributed by atoms with van der Waals surface area (Å²) in [5, 5.41) is 6.70. The Morgan fingerprint density at radius 1 is 1.09 bits per heavy atom.